The van der Waals surface area contributed by atoms with E-state index in [1.165, 1.54) is 10.9 Å². The Labute approximate surface area is 124 Å². The smallest absolute Gasteiger partial charge is 0.175 e. The molecule has 5 nitrogen and oxygen atoms in total. The molecule has 0 aliphatic heterocycles. The third kappa shape index (κ3) is 5.23. The molecule has 1 aromatic carbocycles. The lowest BCUT2D eigenvalue weighted by Gasteiger charge is -2.16. The van der Waals surface area contributed by atoms with Gasteiger partial charge in [0.1, 0.15) is 5.82 Å². The zero-order valence-electron chi connectivity index (χ0n) is 12.6. The van der Waals surface area contributed by atoms with E-state index in [-0.39, 0.29) is 5.82 Å². The summed E-state index contributed by atoms with van der Waals surface area (Å²) in [5, 5.41) is 15.6. The largest absolute Gasteiger partial charge is 0.316 e. The van der Waals surface area contributed by atoms with Crippen molar-refractivity contribution < 1.29 is 4.39 Å². The molecule has 1 heterocycles. The minimum Gasteiger partial charge on any atom is -0.316 e. The number of aryl methyl sites for hydroxylation is 1. The van der Waals surface area contributed by atoms with Crippen LogP contribution in [-0.2, 0) is 19.9 Å². The molecule has 1 N–H and O–H groups in total. The van der Waals surface area contributed by atoms with Crippen LogP contribution in [0.15, 0.2) is 24.3 Å². The summed E-state index contributed by atoms with van der Waals surface area (Å²) in [5.74, 6) is 0.866. The van der Waals surface area contributed by atoms with Crippen molar-refractivity contribution in [2.24, 2.45) is 13.0 Å². The molecule has 1 aromatic heterocycles. The molecule has 1 unspecified atom stereocenters. The molecular weight excluding hydrogens is 269 g/mol. The summed E-state index contributed by atoms with van der Waals surface area (Å²) in [4.78, 5) is 1.47. The summed E-state index contributed by atoms with van der Waals surface area (Å²) >= 11 is 0. The van der Waals surface area contributed by atoms with E-state index in [1.54, 1.807) is 19.2 Å². The van der Waals surface area contributed by atoms with E-state index in [0.717, 1.165) is 43.7 Å². The van der Waals surface area contributed by atoms with Crippen molar-refractivity contribution in [1.82, 2.24) is 25.5 Å². The molecule has 21 heavy (non-hydrogen) atoms. The second-order valence-electron chi connectivity index (χ2n) is 5.30. The van der Waals surface area contributed by atoms with Crippen LogP contribution < -0.4 is 5.32 Å². The maximum atomic E-state index is 13.3. The monoisotopic (exact) mass is 291 g/mol. The van der Waals surface area contributed by atoms with Crippen molar-refractivity contribution in [3.8, 4) is 0 Å². The van der Waals surface area contributed by atoms with Crippen molar-refractivity contribution in [2.45, 2.75) is 26.2 Å². The van der Waals surface area contributed by atoms with Crippen molar-refractivity contribution >= 4 is 0 Å². The van der Waals surface area contributed by atoms with E-state index in [1.807, 2.05) is 6.07 Å². The molecule has 0 fully saturated rings. The lowest BCUT2D eigenvalue weighted by Crippen LogP contribution is -2.27. The molecule has 0 bridgehead atoms. The van der Waals surface area contributed by atoms with Gasteiger partial charge in [-0.2, -0.15) is 4.80 Å². The fourth-order valence-corrected chi connectivity index (χ4v) is 2.36. The number of nitrogens with zero attached hydrogens (tertiary/aromatic N) is 4. The minimum absolute atomic E-state index is 0.189. The Bertz CT molecular complexity index is 555. The van der Waals surface area contributed by atoms with Gasteiger partial charge in [0.05, 0.1) is 7.05 Å². The number of halogens is 1. The number of benzene rings is 1. The van der Waals surface area contributed by atoms with E-state index < -0.39 is 0 Å². The Hall–Kier alpha value is -1.82. The van der Waals surface area contributed by atoms with Crippen LogP contribution in [0.2, 0.25) is 0 Å². The molecule has 0 aliphatic rings. The normalized spacial score (nSPS) is 12.5. The molecule has 2 aromatic rings. The van der Waals surface area contributed by atoms with Crippen molar-refractivity contribution in [2.75, 3.05) is 13.1 Å². The molecule has 2 rings (SSSR count). The summed E-state index contributed by atoms with van der Waals surface area (Å²) in [6, 6.07) is 6.77. The topological polar surface area (TPSA) is 55.6 Å². The summed E-state index contributed by atoms with van der Waals surface area (Å²) in [5.41, 5.74) is 1.00. The van der Waals surface area contributed by atoms with Crippen molar-refractivity contribution in [3.05, 3.63) is 41.5 Å². The Balaban J connectivity index is 2.00. The molecule has 0 aliphatic carbocycles. The zero-order chi connectivity index (χ0) is 15.1. The van der Waals surface area contributed by atoms with Gasteiger partial charge < -0.3 is 5.32 Å². The van der Waals surface area contributed by atoms with Gasteiger partial charge in [0.2, 0.25) is 0 Å². The Morgan fingerprint density at radius 2 is 2.19 bits per heavy atom. The highest BCUT2D eigenvalue weighted by Crippen LogP contribution is 2.13. The second-order valence-corrected chi connectivity index (χ2v) is 5.30. The lowest BCUT2D eigenvalue weighted by atomic mass is 9.95. The van der Waals surface area contributed by atoms with Gasteiger partial charge in [0, 0.05) is 6.42 Å². The van der Waals surface area contributed by atoms with Gasteiger partial charge in [-0.05, 0) is 54.8 Å². The number of hydrogen-bond donors (Lipinski definition) is 1. The standard InChI is InChI=1S/C15H22FN5/c1-3-7-17-11-13(10-15-18-20-21(2)19-15)8-12-5-4-6-14(16)9-12/h4-6,9,13,17H,3,7-8,10-11H2,1-2H3. The minimum atomic E-state index is -0.189. The van der Waals surface area contributed by atoms with Crippen LogP contribution in [0.5, 0.6) is 0 Å². The van der Waals surface area contributed by atoms with Gasteiger partial charge in [-0.15, -0.1) is 10.2 Å². The third-order valence-electron chi connectivity index (χ3n) is 3.29. The SMILES string of the molecule is CCCNCC(Cc1cccc(F)c1)Cc1nnn(C)n1. The zero-order valence-corrected chi connectivity index (χ0v) is 12.6. The van der Waals surface area contributed by atoms with E-state index in [9.17, 15) is 4.39 Å². The Morgan fingerprint density at radius 1 is 1.33 bits per heavy atom. The maximum absolute atomic E-state index is 13.3. The van der Waals surface area contributed by atoms with Crippen LogP contribution in [0, 0.1) is 11.7 Å². The molecular formula is C15H22FN5. The first-order valence-electron chi connectivity index (χ1n) is 7.35. The summed E-state index contributed by atoms with van der Waals surface area (Å²) in [6.07, 6.45) is 2.63. The van der Waals surface area contributed by atoms with Crippen LogP contribution in [0.4, 0.5) is 4.39 Å². The number of rotatable bonds is 8. The van der Waals surface area contributed by atoms with Gasteiger partial charge in [-0.1, -0.05) is 19.1 Å². The average molecular weight is 291 g/mol. The van der Waals surface area contributed by atoms with Gasteiger partial charge in [0.25, 0.3) is 0 Å². The van der Waals surface area contributed by atoms with Gasteiger partial charge in [-0.25, -0.2) is 4.39 Å². The summed E-state index contributed by atoms with van der Waals surface area (Å²) in [7, 11) is 1.76. The number of hydrogen-bond acceptors (Lipinski definition) is 4. The summed E-state index contributed by atoms with van der Waals surface area (Å²) in [6.45, 7) is 3.98. The molecule has 114 valence electrons. The first kappa shape index (κ1) is 15.6. The average Bonchev–Trinajstić information content (AvgIpc) is 2.84. The van der Waals surface area contributed by atoms with E-state index in [4.69, 9.17) is 0 Å². The highest BCUT2D eigenvalue weighted by atomic mass is 19.1. The quantitative estimate of drug-likeness (QED) is 0.753. The van der Waals surface area contributed by atoms with Crippen LogP contribution in [-0.4, -0.2) is 33.3 Å². The number of nitrogens with one attached hydrogen (secondary N) is 1. The van der Waals surface area contributed by atoms with Gasteiger partial charge in [-0.3, -0.25) is 0 Å². The first-order chi connectivity index (χ1) is 10.2. The molecule has 0 amide bonds. The van der Waals surface area contributed by atoms with Crippen LogP contribution in [0.25, 0.3) is 0 Å². The van der Waals surface area contributed by atoms with Gasteiger partial charge >= 0.3 is 0 Å². The van der Waals surface area contributed by atoms with Crippen LogP contribution >= 0.6 is 0 Å². The molecule has 1 atom stereocenters. The Morgan fingerprint density at radius 3 is 2.86 bits per heavy atom. The molecule has 0 saturated carbocycles. The predicted octanol–water partition coefficient (Wildman–Crippen LogP) is 1.75. The molecule has 0 radical (unpaired) electrons. The lowest BCUT2D eigenvalue weighted by molar-refractivity contribution is 0.459. The third-order valence-corrected chi connectivity index (χ3v) is 3.29. The highest BCUT2D eigenvalue weighted by Gasteiger charge is 2.14. The van der Waals surface area contributed by atoms with Crippen LogP contribution in [0.3, 0.4) is 0 Å². The Kier molecular flexibility index (Phi) is 5.80. The van der Waals surface area contributed by atoms with Gasteiger partial charge in [0.15, 0.2) is 5.82 Å². The second kappa shape index (κ2) is 7.83. The first-order valence-corrected chi connectivity index (χ1v) is 7.35. The number of tetrazole rings is 1. The predicted molar refractivity (Wildman–Crippen MR) is 79.3 cm³/mol. The molecule has 0 spiro atoms. The van der Waals surface area contributed by atoms with Crippen LogP contribution in [0.1, 0.15) is 24.7 Å². The number of aromatic nitrogens is 4. The maximum Gasteiger partial charge on any atom is 0.175 e. The fourth-order valence-electron chi connectivity index (χ4n) is 2.36. The van der Waals surface area contributed by atoms with E-state index >= 15 is 0 Å². The van der Waals surface area contributed by atoms with E-state index in [2.05, 4.69) is 27.7 Å². The van der Waals surface area contributed by atoms with E-state index in [0.29, 0.717) is 5.92 Å². The van der Waals surface area contributed by atoms with Crippen molar-refractivity contribution in [1.29, 1.82) is 0 Å². The fraction of sp³-hybridized carbons (Fsp3) is 0.533. The summed E-state index contributed by atoms with van der Waals surface area (Å²) < 4.78 is 13.3. The molecule has 0 saturated heterocycles. The molecule has 6 heteroatoms. The van der Waals surface area contributed by atoms with Crippen molar-refractivity contribution in [3.63, 3.8) is 0 Å². The highest BCUT2D eigenvalue weighted by molar-refractivity contribution is 5.17.